The number of hydrogen-bond acceptors (Lipinski definition) is 5. The molecule has 0 radical (unpaired) electrons. The van der Waals surface area contributed by atoms with E-state index in [0.29, 0.717) is 30.3 Å². The second kappa shape index (κ2) is 6.67. The number of halogens is 1. The van der Waals surface area contributed by atoms with Crippen LogP contribution in [0.25, 0.3) is 10.9 Å². The minimum absolute atomic E-state index is 0.0947. The molecule has 1 saturated carbocycles. The third-order valence-corrected chi connectivity index (χ3v) is 4.54. The van der Waals surface area contributed by atoms with Crippen molar-refractivity contribution in [1.29, 1.82) is 0 Å². The van der Waals surface area contributed by atoms with Gasteiger partial charge in [-0.25, -0.2) is 9.37 Å². The van der Waals surface area contributed by atoms with Crippen molar-refractivity contribution in [3.8, 4) is 0 Å². The fourth-order valence-corrected chi connectivity index (χ4v) is 3.09. The number of benzene rings is 1. The van der Waals surface area contributed by atoms with Gasteiger partial charge in [-0.1, -0.05) is 6.07 Å². The molecule has 0 amide bonds. The molecule has 0 saturated heterocycles. The lowest BCUT2D eigenvalue weighted by Gasteiger charge is -2.15. The Hall–Kier alpha value is -3.09. The minimum Gasteiger partial charge on any atom is -0.396 e. The average molecular weight is 353 g/mol. The first-order valence-electron chi connectivity index (χ1n) is 8.67. The second-order valence-electron chi connectivity index (χ2n) is 6.43. The van der Waals surface area contributed by atoms with Crippen molar-refractivity contribution in [2.45, 2.75) is 18.9 Å². The molecular weight excluding hydrogens is 333 g/mol. The van der Waals surface area contributed by atoms with Crippen LogP contribution in [0.4, 0.5) is 21.6 Å². The number of nitrogens with one attached hydrogen (secondary N) is 2. The van der Waals surface area contributed by atoms with Gasteiger partial charge in [-0.3, -0.25) is 4.79 Å². The predicted molar refractivity (Wildman–Crippen MR) is 102 cm³/mol. The first-order valence-corrected chi connectivity index (χ1v) is 8.67. The van der Waals surface area contributed by atoms with E-state index in [4.69, 9.17) is 5.73 Å². The molecule has 7 heteroatoms. The van der Waals surface area contributed by atoms with Crippen molar-refractivity contribution in [3.05, 3.63) is 58.8 Å². The standard InChI is InChI=1S/C19H20FN5O/c20-18-13(22-8-9-24-16-3-1-2-7-23-16)11-14-17(19(18)21)15(26)6-10-25(14)12-4-5-12/h1-3,6-7,10-12,22H,4-5,8-9,21H2,(H,23,24). The number of rotatable bonds is 6. The molecule has 26 heavy (non-hydrogen) atoms. The Labute approximate surface area is 149 Å². The zero-order valence-electron chi connectivity index (χ0n) is 14.2. The Bertz CT molecular complexity index is 998. The lowest BCUT2D eigenvalue weighted by atomic mass is 10.1. The summed E-state index contributed by atoms with van der Waals surface area (Å²) in [6.45, 7) is 1.05. The summed E-state index contributed by atoms with van der Waals surface area (Å²) >= 11 is 0. The molecule has 0 spiro atoms. The van der Waals surface area contributed by atoms with Gasteiger partial charge in [0.15, 0.2) is 11.2 Å². The molecule has 4 rings (SSSR count). The van der Waals surface area contributed by atoms with Gasteiger partial charge in [-0.2, -0.15) is 0 Å². The highest BCUT2D eigenvalue weighted by Gasteiger charge is 2.25. The third-order valence-electron chi connectivity index (χ3n) is 4.54. The van der Waals surface area contributed by atoms with E-state index in [9.17, 15) is 9.18 Å². The Morgan fingerprint density at radius 2 is 2.04 bits per heavy atom. The Morgan fingerprint density at radius 1 is 1.23 bits per heavy atom. The summed E-state index contributed by atoms with van der Waals surface area (Å²) < 4.78 is 16.7. The first kappa shape index (κ1) is 16.4. The van der Waals surface area contributed by atoms with E-state index in [2.05, 4.69) is 15.6 Å². The van der Waals surface area contributed by atoms with Crippen LogP contribution < -0.4 is 21.8 Å². The predicted octanol–water partition coefficient (Wildman–Crippen LogP) is 2.98. The van der Waals surface area contributed by atoms with E-state index in [0.717, 1.165) is 18.7 Å². The Balaban J connectivity index is 1.58. The molecule has 134 valence electrons. The van der Waals surface area contributed by atoms with Crippen LogP contribution in [0, 0.1) is 5.82 Å². The summed E-state index contributed by atoms with van der Waals surface area (Å²) in [7, 11) is 0. The van der Waals surface area contributed by atoms with Crippen molar-refractivity contribution in [3.63, 3.8) is 0 Å². The molecule has 4 N–H and O–H groups in total. The maximum Gasteiger partial charge on any atom is 0.191 e. The maximum absolute atomic E-state index is 14.6. The summed E-state index contributed by atoms with van der Waals surface area (Å²) in [6.07, 6.45) is 5.60. The van der Waals surface area contributed by atoms with Crippen LogP contribution in [0.2, 0.25) is 0 Å². The number of nitrogens with two attached hydrogens (primary N) is 1. The van der Waals surface area contributed by atoms with Gasteiger partial charge in [-0.05, 0) is 31.0 Å². The summed E-state index contributed by atoms with van der Waals surface area (Å²) in [5.41, 5.74) is 6.59. The van der Waals surface area contributed by atoms with E-state index in [1.54, 1.807) is 18.5 Å². The van der Waals surface area contributed by atoms with Crippen LogP contribution in [-0.2, 0) is 0 Å². The van der Waals surface area contributed by atoms with Crippen molar-refractivity contribution in [1.82, 2.24) is 9.55 Å². The second-order valence-corrected chi connectivity index (χ2v) is 6.43. The Kier molecular flexibility index (Phi) is 4.20. The van der Waals surface area contributed by atoms with Crippen LogP contribution in [0.1, 0.15) is 18.9 Å². The zero-order chi connectivity index (χ0) is 18.1. The van der Waals surface area contributed by atoms with Crippen LogP contribution in [0.3, 0.4) is 0 Å². The molecule has 1 fully saturated rings. The van der Waals surface area contributed by atoms with Gasteiger partial charge in [0.2, 0.25) is 0 Å². The fourth-order valence-electron chi connectivity index (χ4n) is 3.09. The molecule has 2 heterocycles. The lowest BCUT2D eigenvalue weighted by molar-refractivity contribution is 0.635. The van der Waals surface area contributed by atoms with Crippen LogP contribution in [-0.4, -0.2) is 22.6 Å². The maximum atomic E-state index is 14.6. The number of anilines is 3. The number of fused-ring (bicyclic) bond motifs is 1. The van der Waals surface area contributed by atoms with Crippen molar-refractivity contribution < 1.29 is 4.39 Å². The van der Waals surface area contributed by atoms with Crippen molar-refractivity contribution >= 4 is 28.1 Å². The van der Waals surface area contributed by atoms with Crippen molar-refractivity contribution in [2.75, 3.05) is 29.5 Å². The van der Waals surface area contributed by atoms with E-state index < -0.39 is 5.82 Å². The topological polar surface area (TPSA) is 85.0 Å². The van der Waals surface area contributed by atoms with Gasteiger partial charge < -0.3 is 20.9 Å². The minimum atomic E-state index is -0.582. The highest BCUT2D eigenvalue weighted by molar-refractivity contribution is 5.94. The SMILES string of the molecule is Nc1c(F)c(NCCNc2ccccn2)cc2c1c(=O)ccn2C1CC1. The largest absolute Gasteiger partial charge is 0.396 e. The summed E-state index contributed by atoms with van der Waals surface area (Å²) in [5.74, 6) is 0.177. The van der Waals surface area contributed by atoms with Crippen LogP contribution >= 0.6 is 0 Å². The first-order chi connectivity index (χ1) is 12.6. The quantitative estimate of drug-likeness (QED) is 0.469. The van der Waals surface area contributed by atoms with Gasteiger partial charge in [0, 0.05) is 37.6 Å². The highest BCUT2D eigenvalue weighted by atomic mass is 19.1. The van der Waals surface area contributed by atoms with Gasteiger partial charge in [0.05, 0.1) is 22.3 Å². The highest BCUT2D eigenvalue weighted by Crippen LogP contribution is 2.38. The van der Waals surface area contributed by atoms with Crippen molar-refractivity contribution in [2.24, 2.45) is 0 Å². The average Bonchev–Trinajstić information content (AvgIpc) is 3.48. The molecule has 0 bridgehead atoms. The van der Waals surface area contributed by atoms with E-state index >= 15 is 0 Å². The number of nitrogen functional groups attached to an aromatic ring is 1. The fraction of sp³-hybridized carbons (Fsp3) is 0.263. The van der Waals surface area contributed by atoms with Gasteiger partial charge in [0.1, 0.15) is 5.82 Å². The van der Waals surface area contributed by atoms with Gasteiger partial charge in [-0.15, -0.1) is 0 Å². The van der Waals surface area contributed by atoms with Gasteiger partial charge >= 0.3 is 0 Å². The molecule has 0 unspecified atom stereocenters. The van der Waals surface area contributed by atoms with E-state index in [-0.39, 0.29) is 16.5 Å². The molecular formula is C19H20FN5O. The zero-order valence-corrected chi connectivity index (χ0v) is 14.2. The van der Waals surface area contributed by atoms with Gasteiger partial charge in [0.25, 0.3) is 0 Å². The molecule has 0 atom stereocenters. The summed E-state index contributed by atoms with van der Waals surface area (Å²) in [4.78, 5) is 16.4. The van der Waals surface area contributed by atoms with Crippen LogP contribution in [0.5, 0.6) is 0 Å². The number of pyridine rings is 2. The number of aromatic nitrogens is 2. The van der Waals surface area contributed by atoms with Crippen LogP contribution in [0.15, 0.2) is 47.5 Å². The summed E-state index contributed by atoms with van der Waals surface area (Å²) in [5, 5.41) is 6.47. The molecule has 1 aromatic carbocycles. The molecule has 1 aliphatic carbocycles. The van der Waals surface area contributed by atoms with E-state index in [1.807, 2.05) is 22.8 Å². The molecule has 0 aliphatic heterocycles. The monoisotopic (exact) mass is 353 g/mol. The molecule has 3 aromatic rings. The lowest BCUT2D eigenvalue weighted by Crippen LogP contribution is -2.17. The molecule has 2 aromatic heterocycles. The van der Waals surface area contributed by atoms with E-state index in [1.165, 1.54) is 6.07 Å². The molecule has 6 nitrogen and oxygen atoms in total. The number of nitrogens with zero attached hydrogens (tertiary/aromatic N) is 2. The normalized spacial score (nSPS) is 13.7. The third kappa shape index (κ3) is 3.08. The number of hydrogen-bond donors (Lipinski definition) is 3. The molecule has 1 aliphatic rings. The Morgan fingerprint density at radius 3 is 2.77 bits per heavy atom. The summed E-state index contributed by atoms with van der Waals surface area (Å²) in [6, 6.07) is 9.10. The smallest absolute Gasteiger partial charge is 0.191 e.